The summed E-state index contributed by atoms with van der Waals surface area (Å²) in [5.41, 5.74) is 0.618. The lowest BCUT2D eigenvalue weighted by Crippen LogP contribution is -2.58. The van der Waals surface area contributed by atoms with Gasteiger partial charge in [0.1, 0.15) is 12.0 Å². The zero-order valence-corrected chi connectivity index (χ0v) is 15.5. The topological polar surface area (TPSA) is 65.0 Å². The van der Waals surface area contributed by atoms with Crippen molar-refractivity contribution in [3.05, 3.63) is 12.5 Å². The molecule has 10 heteroatoms. The van der Waals surface area contributed by atoms with E-state index in [1.54, 1.807) is 32.9 Å². The van der Waals surface area contributed by atoms with E-state index in [1.807, 2.05) is 6.92 Å². The molecule has 0 saturated carbocycles. The molecular weight excluding hydrogens is 358 g/mol. The third-order valence-corrected chi connectivity index (χ3v) is 5.67. The number of likely N-dealkylation sites (tertiary alicyclic amines) is 2. The van der Waals surface area contributed by atoms with Crippen LogP contribution in [-0.4, -0.2) is 90.4 Å². The van der Waals surface area contributed by atoms with E-state index in [0.717, 1.165) is 0 Å². The minimum atomic E-state index is -2.55. The molecule has 1 aromatic rings. The lowest BCUT2D eigenvalue weighted by Gasteiger charge is -2.40. The van der Waals surface area contributed by atoms with E-state index in [-0.39, 0.29) is 18.2 Å². The van der Waals surface area contributed by atoms with E-state index in [4.69, 9.17) is 4.74 Å². The number of hydrogen-bond acceptors (Lipinski definition) is 6. The Hall–Kier alpha value is -2.23. The first-order chi connectivity index (χ1) is 13.0. The van der Waals surface area contributed by atoms with Crippen molar-refractivity contribution in [3.63, 3.8) is 0 Å². The monoisotopic (exact) mass is 382 g/mol. The standard InChI is InChI=1S/C17H24F2N6O2/c1-3-24-15-13(6-20-10-21-15)25(16(24)14(18)19)11-4-5-22(7-11)17(26)23-8-12(9-23)27-2/h6,10-12,14,16H,3-5,7-9H2,1-2H3. The van der Waals surface area contributed by atoms with E-state index >= 15 is 0 Å². The number of urea groups is 1. The minimum Gasteiger partial charge on any atom is -0.378 e. The van der Waals surface area contributed by atoms with Crippen LogP contribution in [0.4, 0.5) is 25.1 Å². The van der Waals surface area contributed by atoms with Crippen molar-refractivity contribution in [1.29, 1.82) is 0 Å². The van der Waals surface area contributed by atoms with Gasteiger partial charge in [-0.05, 0) is 13.3 Å². The molecular formula is C17H24F2N6O2. The maximum Gasteiger partial charge on any atom is 0.320 e. The minimum absolute atomic E-state index is 0.0459. The van der Waals surface area contributed by atoms with Gasteiger partial charge in [0.05, 0.1) is 31.4 Å². The fraction of sp³-hybridized carbons (Fsp3) is 0.706. The highest BCUT2D eigenvalue weighted by Crippen LogP contribution is 2.42. The molecule has 0 bridgehead atoms. The van der Waals surface area contributed by atoms with Gasteiger partial charge in [0, 0.05) is 26.7 Å². The number of amides is 2. The van der Waals surface area contributed by atoms with Crippen molar-refractivity contribution in [2.45, 2.75) is 38.1 Å². The molecule has 3 aliphatic heterocycles. The van der Waals surface area contributed by atoms with Crippen molar-refractivity contribution < 1.29 is 18.3 Å². The Labute approximate surface area is 156 Å². The Morgan fingerprint density at radius 3 is 2.78 bits per heavy atom. The highest BCUT2D eigenvalue weighted by Gasteiger charge is 2.47. The van der Waals surface area contributed by atoms with E-state index < -0.39 is 12.6 Å². The first-order valence-electron chi connectivity index (χ1n) is 9.24. The summed E-state index contributed by atoms with van der Waals surface area (Å²) in [5.74, 6) is 0.535. The summed E-state index contributed by atoms with van der Waals surface area (Å²) in [5, 5.41) is 0. The van der Waals surface area contributed by atoms with Crippen molar-refractivity contribution in [3.8, 4) is 0 Å². The third kappa shape index (κ3) is 2.95. The summed E-state index contributed by atoms with van der Waals surface area (Å²) in [6.07, 6.45) is 0.0779. The quantitative estimate of drug-likeness (QED) is 0.781. The molecule has 2 amide bonds. The highest BCUT2D eigenvalue weighted by molar-refractivity contribution is 5.77. The molecule has 2 unspecified atom stereocenters. The molecule has 1 aromatic heterocycles. The smallest absolute Gasteiger partial charge is 0.320 e. The number of aromatic nitrogens is 2. The van der Waals surface area contributed by atoms with Crippen molar-refractivity contribution in [2.24, 2.45) is 0 Å². The molecule has 0 radical (unpaired) electrons. The van der Waals surface area contributed by atoms with Crippen LogP contribution in [0.2, 0.25) is 0 Å². The largest absolute Gasteiger partial charge is 0.378 e. The Bertz CT molecular complexity index is 702. The number of fused-ring (bicyclic) bond motifs is 1. The lowest BCUT2D eigenvalue weighted by molar-refractivity contribution is -0.0143. The predicted octanol–water partition coefficient (Wildman–Crippen LogP) is 1.24. The first-order valence-corrected chi connectivity index (χ1v) is 9.24. The summed E-state index contributed by atoms with van der Waals surface area (Å²) in [4.78, 5) is 27.7. The van der Waals surface area contributed by atoms with Crippen LogP contribution in [0.3, 0.4) is 0 Å². The maximum atomic E-state index is 13.9. The Kier molecular flexibility index (Phi) is 4.75. The van der Waals surface area contributed by atoms with Crippen LogP contribution >= 0.6 is 0 Å². The van der Waals surface area contributed by atoms with Crippen LogP contribution in [0.5, 0.6) is 0 Å². The molecule has 4 rings (SSSR count). The van der Waals surface area contributed by atoms with Gasteiger partial charge < -0.3 is 24.3 Å². The van der Waals surface area contributed by atoms with Crippen molar-refractivity contribution in [2.75, 3.05) is 49.6 Å². The third-order valence-electron chi connectivity index (χ3n) is 5.67. The van der Waals surface area contributed by atoms with Crippen LogP contribution in [0.15, 0.2) is 12.5 Å². The van der Waals surface area contributed by atoms with Crippen LogP contribution in [0.25, 0.3) is 0 Å². The van der Waals surface area contributed by atoms with Crippen LogP contribution < -0.4 is 9.80 Å². The van der Waals surface area contributed by atoms with Gasteiger partial charge in [-0.3, -0.25) is 0 Å². The van der Waals surface area contributed by atoms with E-state index in [0.29, 0.717) is 50.6 Å². The van der Waals surface area contributed by atoms with Gasteiger partial charge in [-0.2, -0.15) is 0 Å². The van der Waals surface area contributed by atoms with E-state index in [9.17, 15) is 13.6 Å². The number of carbonyl (C=O) groups is 1. The second kappa shape index (κ2) is 7.06. The number of alkyl halides is 2. The predicted molar refractivity (Wildman–Crippen MR) is 95.1 cm³/mol. The normalized spacial score (nSPS) is 25.4. The summed E-state index contributed by atoms with van der Waals surface area (Å²) in [6, 6.07) is -0.232. The average Bonchev–Trinajstić information content (AvgIpc) is 3.22. The van der Waals surface area contributed by atoms with E-state index in [2.05, 4.69) is 9.97 Å². The number of carbonyl (C=O) groups excluding carboxylic acids is 1. The molecule has 2 saturated heterocycles. The molecule has 148 valence electrons. The molecule has 8 nitrogen and oxygen atoms in total. The Balaban J connectivity index is 1.51. The molecule has 0 aromatic carbocycles. The van der Waals surface area contributed by atoms with Crippen LogP contribution in [0.1, 0.15) is 13.3 Å². The summed E-state index contributed by atoms with van der Waals surface area (Å²) >= 11 is 0. The second-order valence-corrected chi connectivity index (χ2v) is 7.11. The number of methoxy groups -OCH3 is 1. The number of anilines is 2. The number of rotatable bonds is 4. The summed E-state index contributed by atoms with van der Waals surface area (Å²) in [6.45, 7) is 4.41. The number of halogens is 2. The fourth-order valence-corrected chi connectivity index (χ4v) is 4.23. The lowest BCUT2D eigenvalue weighted by atomic mass is 10.2. The molecule has 2 atom stereocenters. The van der Waals surface area contributed by atoms with E-state index in [1.165, 1.54) is 6.33 Å². The van der Waals surface area contributed by atoms with Gasteiger partial charge in [-0.15, -0.1) is 0 Å². The number of ether oxygens (including phenoxy) is 1. The van der Waals surface area contributed by atoms with Gasteiger partial charge in [0.15, 0.2) is 12.0 Å². The van der Waals surface area contributed by atoms with Crippen molar-refractivity contribution >= 4 is 17.5 Å². The van der Waals surface area contributed by atoms with Gasteiger partial charge in [0.2, 0.25) is 0 Å². The van der Waals surface area contributed by atoms with Crippen LogP contribution in [0, 0.1) is 0 Å². The Morgan fingerprint density at radius 1 is 1.33 bits per heavy atom. The zero-order valence-electron chi connectivity index (χ0n) is 15.5. The molecule has 0 spiro atoms. The zero-order chi connectivity index (χ0) is 19.1. The molecule has 3 aliphatic rings. The summed E-state index contributed by atoms with van der Waals surface area (Å²) in [7, 11) is 1.63. The SMILES string of the molecule is CCN1c2ncncc2N(C2CCN(C(=O)N3CC(OC)C3)C2)C1C(F)F. The van der Waals surface area contributed by atoms with Gasteiger partial charge in [-0.1, -0.05) is 0 Å². The second-order valence-electron chi connectivity index (χ2n) is 7.11. The molecule has 0 aliphatic carbocycles. The highest BCUT2D eigenvalue weighted by atomic mass is 19.3. The Morgan fingerprint density at radius 2 is 2.11 bits per heavy atom. The van der Waals surface area contributed by atoms with Gasteiger partial charge >= 0.3 is 6.03 Å². The van der Waals surface area contributed by atoms with Crippen molar-refractivity contribution in [1.82, 2.24) is 19.8 Å². The van der Waals surface area contributed by atoms with Gasteiger partial charge in [0.25, 0.3) is 6.43 Å². The van der Waals surface area contributed by atoms with Crippen LogP contribution in [-0.2, 0) is 4.74 Å². The molecule has 2 fully saturated rings. The first kappa shape index (κ1) is 18.1. The number of nitrogens with zero attached hydrogens (tertiary/aromatic N) is 6. The molecule has 27 heavy (non-hydrogen) atoms. The summed E-state index contributed by atoms with van der Waals surface area (Å²) < 4.78 is 33.1. The molecule has 0 N–H and O–H groups in total. The van der Waals surface area contributed by atoms with Gasteiger partial charge in [-0.25, -0.2) is 23.5 Å². The number of hydrogen-bond donors (Lipinski definition) is 0. The molecule has 4 heterocycles. The average molecular weight is 382 g/mol. The maximum absolute atomic E-state index is 13.9. The fourth-order valence-electron chi connectivity index (χ4n) is 4.23.